The highest BCUT2D eigenvalue weighted by molar-refractivity contribution is 6.00. The number of ether oxygens (including phenoxy) is 1. The molecule has 0 aliphatic heterocycles. The first-order valence-electron chi connectivity index (χ1n) is 10.00. The average molecular weight is 469 g/mol. The van der Waals surface area contributed by atoms with Crippen molar-refractivity contribution in [1.82, 2.24) is 5.32 Å². The molecule has 0 radical (unpaired) electrons. The van der Waals surface area contributed by atoms with Gasteiger partial charge in [-0.1, -0.05) is 6.07 Å². The number of benzene rings is 2. The lowest BCUT2D eigenvalue weighted by molar-refractivity contribution is -0.137. The molecule has 0 atom stereocenters. The summed E-state index contributed by atoms with van der Waals surface area (Å²) in [5, 5.41) is 24.7. The van der Waals surface area contributed by atoms with Crippen LogP contribution in [0.4, 0.5) is 11.6 Å². The Labute approximate surface area is 193 Å². The van der Waals surface area contributed by atoms with E-state index in [1.165, 1.54) is 25.3 Å². The van der Waals surface area contributed by atoms with Crippen LogP contribution in [0.15, 0.2) is 45.8 Å². The number of amides is 2. The van der Waals surface area contributed by atoms with Gasteiger partial charge < -0.3 is 36.2 Å². The molecule has 0 unspecified atom stereocenters. The van der Waals surface area contributed by atoms with Gasteiger partial charge in [-0.3, -0.25) is 19.7 Å². The molecule has 178 valence electrons. The Balaban J connectivity index is 1.69. The molecular weight excluding hydrogens is 446 g/mol. The molecule has 1 heterocycles. The molecule has 0 aliphatic rings. The number of aliphatic imine (C=N–C) groups is 1. The molecule has 12 heteroatoms. The van der Waals surface area contributed by atoms with Gasteiger partial charge in [-0.25, -0.2) is 4.99 Å². The smallest absolute Gasteiger partial charge is 0.303 e. The molecule has 2 aromatic carbocycles. The Morgan fingerprint density at radius 3 is 2.62 bits per heavy atom. The number of carbonyl (C=O) groups is 3. The maximum atomic E-state index is 12.3. The van der Waals surface area contributed by atoms with Crippen LogP contribution in [-0.2, 0) is 16.0 Å². The zero-order valence-electron chi connectivity index (χ0n) is 18.1. The molecule has 0 bridgehead atoms. The molecule has 34 heavy (non-hydrogen) atoms. The van der Waals surface area contributed by atoms with Gasteiger partial charge in [-0.15, -0.1) is 0 Å². The summed E-state index contributed by atoms with van der Waals surface area (Å²) in [5.74, 6) is -2.31. The van der Waals surface area contributed by atoms with Crippen LogP contribution in [0.5, 0.6) is 11.5 Å². The number of carbonyl (C=O) groups excluding carboxylic acids is 2. The van der Waals surface area contributed by atoms with Crippen LogP contribution < -0.4 is 26.8 Å². The lowest BCUT2D eigenvalue weighted by Crippen LogP contribution is -2.32. The van der Waals surface area contributed by atoms with E-state index in [1.54, 1.807) is 18.2 Å². The maximum absolute atomic E-state index is 12.3. The van der Waals surface area contributed by atoms with Gasteiger partial charge in [-0.2, -0.15) is 0 Å². The molecule has 12 nitrogen and oxygen atoms in total. The minimum Gasteiger partial charge on any atom is -0.504 e. The SMILES string of the molecule is COc1c(O)c(CCC(=O)O)cc2oc(NC(=O)CNC(=O)c3cccc(N=C(N)N)c3)cc12. The van der Waals surface area contributed by atoms with E-state index in [-0.39, 0.29) is 53.9 Å². The Morgan fingerprint density at radius 1 is 1.18 bits per heavy atom. The van der Waals surface area contributed by atoms with E-state index in [4.69, 9.17) is 25.7 Å². The van der Waals surface area contributed by atoms with Crippen molar-refractivity contribution in [3.8, 4) is 11.5 Å². The van der Waals surface area contributed by atoms with Gasteiger partial charge in [0.15, 0.2) is 17.5 Å². The van der Waals surface area contributed by atoms with E-state index >= 15 is 0 Å². The van der Waals surface area contributed by atoms with Gasteiger partial charge in [-0.05, 0) is 30.7 Å². The van der Waals surface area contributed by atoms with Crippen LogP contribution in [0.25, 0.3) is 11.0 Å². The fourth-order valence-corrected chi connectivity index (χ4v) is 3.20. The molecule has 0 spiro atoms. The van der Waals surface area contributed by atoms with E-state index in [0.717, 1.165) is 0 Å². The number of furan rings is 1. The number of hydrogen-bond acceptors (Lipinski definition) is 7. The third-order valence-electron chi connectivity index (χ3n) is 4.68. The Kier molecular flexibility index (Phi) is 7.21. The summed E-state index contributed by atoms with van der Waals surface area (Å²) in [4.78, 5) is 39.4. The first kappa shape index (κ1) is 23.9. The minimum absolute atomic E-state index is 0.0529. The van der Waals surface area contributed by atoms with Gasteiger partial charge in [0.05, 0.1) is 24.7 Å². The Morgan fingerprint density at radius 2 is 1.94 bits per heavy atom. The molecule has 0 aliphatic carbocycles. The van der Waals surface area contributed by atoms with Crippen molar-refractivity contribution in [1.29, 1.82) is 0 Å². The van der Waals surface area contributed by atoms with Crippen molar-refractivity contribution in [2.75, 3.05) is 19.0 Å². The fraction of sp³-hybridized carbons (Fsp3) is 0.182. The topological polar surface area (TPSA) is 202 Å². The van der Waals surface area contributed by atoms with Crippen LogP contribution in [0, 0.1) is 0 Å². The second-order valence-corrected chi connectivity index (χ2v) is 7.15. The standard InChI is InChI=1S/C22H23N5O7/c1-33-20-14-9-17(34-15(14)8-11(19(20)31)5-6-18(29)30)27-16(28)10-25-21(32)12-3-2-4-13(7-12)26-22(23)24/h2-4,7-9,31H,5-6,10H2,1H3,(H,25,32)(H,27,28)(H,29,30)(H4,23,24,26). The highest BCUT2D eigenvalue weighted by Crippen LogP contribution is 2.41. The zero-order valence-corrected chi connectivity index (χ0v) is 18.1. The molecular formula is C22H23N5O7. The number of fused-ring (bicyclic) bond motifs is 1. The lowest BCUT2D eigenvalue weighted by atomic mass is 10.1. The molecule has 1 aromatic heterocycles. The molecule has 3 rings (SSSR count). The van der Waals surface area contributed by atoms with Gasteiger partial charge >= 0.3 is 5.97 Å². The maximum Gasteiger partial charge on any atom is 0.303 e. The monoisotopic (exact) mass is 469 g/mol. The number of aryl methyl sites for hydroxylation is 1. The molecule has 0 fully saturated rings. The summed E-state index contributed by atoms with van der Waals surface area (Å²) < 4.78 is 10.8. The number of nitrogens with zero attached hydrogens (tertiary/aromatic N) is 1. The molecule has 3 aromatic rings. The Hall–Kier alpha value is -4.74. The number of phenols is 1. The predicted octanol–water partition coefficient (Wildman–Crippen LogP) is 1.44. The number of methoxy groups -OCH3 is 1. The van der Waals surface area contributed by atoms with Gasteiger partial charge in [0.1, 0.15) is 5.58 Å². The second-order valence-electron chi connectivity index (χ2n) is 7.15. The zero-order chi connectivity index (χ0) is 24.8. The van der Waals surface area contributed by atoms with Crippen LogP contribution >= 0.6 is 0 Å². The molecule has 0 saturated heterocycles. The highest BCUT2D eigenvalue weighted by Gasteiger charge is 2.19. The van der Waals surface area contributed by atoms with Crippen molar-refractivity contribution in [3.63, 3.8) is 0 Å². The summed E-state index contributed by atoms with van der Waals surface area (Å²) >= 11 is 0. The summed E-state index contributed by atoms with van der Waals surface area (Å²) in [6.07, 6.45) is -0.132. The van der Waals surface area contributed by atoms with Crippen molar-refractivity contribution in [2.45, 2.75) is 12.8 Å². The lowest BCUT2D eigenvalue weighted by Gasteiger charge is -2.09. The predicted molar refractivity (Wildman–Crippen MR) is 123 cm³/mol. The van der Waals surface area contributed by atoms with Crippen molar-refractivity contribution < 1.29 is 33.8 Å². The number of hydrogen-bond donors (Lipinski definition) is 6. The Bertz CT molecular complexity index is 1280. The van der Waals surface area contributed by atoms with Gasteiger partial charge in [0, 0.05) is 23.6 Å². The number of anilines is 1. The van der Waals surface area contributed by atoms with Crippen molar-refractivity contribution in [3.05, 3.63) is 47.5 Å². The van der Waals surface area contributed by atoms with Crippen LogP contribution in [0.2, 0.25) is 0 Å². The normalized spacial score (nSPS) is 10.5. The van der Waals surface area contributed by atoms with E-state index in [2.05, 4.69) is 15.6 Å². The molecule has 0 saturated carbocycles. The number of guanidine groups is 1. The number of carboxylic acids is 1. The summed E-state index contributed by atoms with van der Waals surface area (Å²) in [5.41, 5.74) is 11.9. The first-order valence-corrected chi connectivity index (χ1v) is 10.00. The summed E-state index contributed by atoms with van der Waals surface area (Å²) in [7, 11) is 1.35. The van der Waals surface area contributed by atoms with E-state index in [9.17, 15) is 19.5 Å². The number of carboxylic acid groups (broad SMARTS) is 1. The second kappa shape index (κ2) is 10.3. The highest BCUT2D eigenvalue weighted by atomic mass is 16.5. The van der Waals surface area contributed by atoms with E-state index in [0.29, 0.717) is 16.6 Å². The molecule has 8 N–H and O–H groups in total. The third kappa shape index (κ3) is 5.73. The number of aromatic hydroxyl groups is 1. The largest absolute Gasteiger partial charge is 0.504 e. The number of nitrogens with two attached hydrogens (primary N) is 2. The number of rotatable bonds is 9. The molecule has 2 amide bonds. The van der Waals surface area contributed by atoms with Gasteiger partial charge in [0.25, 0.3) is 5.91 Å². The van der Waals surface area contributed by atoms with Crippen LogP contribution in [0.1, 0.15) is 22.3 Å². The average Bonchev–Trinajstić information content (AvgIpc) is 3.17. The van der Waals surface area contributed by atoms with Gasteiger partial charge in [0.2, 0.25) is 11.8 Å². The third-order valence-corrected chi connectivity index (χ3v) is 4.68. The number of nitrogens with one attached hydrogen (secondary N) is 2. The minimum atomic E-state index is -1.02. The van der Waals surface area contributed by atoms with Crippen molar-refractivity contribution >= 4 is 46.3 Å². The van der Waals surface area contributed by atoms with Crippen LogP contribution in [-0.4, -0.2) is 47.6 Å². The van der Waals surface area contributed by atoms with E-state index in [1.807, 2.05) is 0 Å². The van der Waals surface area contributed by atoms with E-state index < -0.39 is 17.8 Å². The number of phenolic OH excluding ortho intramolecular Hbond substituents is 1. The summed E-state index contributed by atoms with van der Waals surface area (Å²) in [6.45, 7) is -0.353. The van der Waals surface area contributed by atoms with Crippen LogP contribution in [0.3, 0.4) is 0 Å². The first-order chi connectivity index (χ1) is 16.2. The summed E-state index contributed by atoms with van der Waals surface area (Å²) in [6, 6.07) is 9.15. The number of aliphatic carboxylic acids is 1. The van der Waals surface area contributed by atoms with Crippen molar-refractivity contribution in [2.24, 2.45) is 16.5 Å². The fourth-order valence-electron chi connectivity index (χ4n) is 3.20. The quantitative estimate of drug-likeness (QED) is 0.198.